The van der Waals surface area contributed by atoms with Crippen LogP contribution in [0.4, 0.5) is 24.5 Å². The molecule has 134 valence electrons. The summed E-state index contributed by atoms with van der Waals surface area (Å²) >= 11 is 1.77. The molecule has 2 rings (SSSR count). The maximum absolute atomic E-state index is 12.9. The van der Waals surface area contributed by atoms with Gasteiger partial charge >= 0.3 is 6.18 Å². The van der Waals surface area contributed by atoms with E-state index in [2.05, 4.69) is 16.0 Å². The number of nitrogens with one attached hydrogen (secondary N) is 3. The Kier molecular flexibility index (Phi) is 6.79. The third-order valence-corrected chi connectivity index (χ3v) is 4.75. The van der Waals surface area contributed by atoms with Crippen molar-refractivity contribution in [3.05, 3.63) is 23.8 Å². The maximum Gasteiger partial charge on any atom is 0.416 e. The first kappa shape index (κ1) is 18.9. The Morgan fingerprint density at radius 3 is 2.79 bits per heavy atom. The van der Waals surface area contributed by atoms with Crippen molar-refractivity contribution in [2.24, 2.45) is 0 Å². The van der Waals surface area contributed by atoms with Gasteiger partial charge in [-0.2, -0.15) is 24.9 Å². The second kappa shape index (κ2) is 8.62. The van der Waals surface area contributed by atoms with Crippen LogP contribution in [-0.4, -0.2) is 36.5 Å². The van der Waals surface area contributed by atoms with E-state index < -0.39 is 11.7 Å². The van der Waals surface area contributed by atoms with E-state index in [1.807, 2.05) is 6.92 Å². The molecule has 0 aromatic heterocycles. The van der Waals surface area contributed by atoms with Gasteiger partial charge in [-0.25, -0.2) is 0 Å². The molecule has 1 aromatic rings. The van der Waals surface area contributed by atoms with Crippen molar-refractivity contribution in [1.29, 1.82) is 0 Å². The van der Waals surface area contributed by atoms with Crippen LogP contribution in [0.25, 0.3) is 0 Å². The van der Waals surface area contributed by atoms with Crippen LogP contribution in [0.5, 0.6) is 0 Å². The first-order chi connectivity index (χ1) is 11.4. The fourth-order valence-corrected chi connectivity index (χ4v) is 3.36. The summed E-state index contributed by atoms with van der Waals surface area (Å²) in [5.74, 6) is 1.56. The van der Waals surface area contributed by atoms with Crippen LogP contribution in [0.1, 0.15) is 25.3 Å². The summed E-state index contributed by atoms with van der Waals surface area (Å²) in [7, 11) is 0. The number of rotatable bonds is 6. The standard InChI is InChI=1S/C16H22F3N3OS/c1-2-5-21-13-4-3-11(16(17,18)19)8-14(13)22-15(23)9-12-10-24-7-6-20-12/h3-4,8,12,20-21H,2,5-7,9-10H2,1H3,(H,22,23). The Morgan fingerprint density at radius 1 is 1.38 bits per heavy atom. The molecule has 1 heterocycles. The molecule has 0 saturated carbocycles. The predicted molar refractivity (Wildman–Crippen MR) is 92.6 cm³/mol. The van der Waals surface area contributed by atoms with E-state index in [9.17, 15) is 18.0 Å². The number of hydrogen-bond acceptors (Lipinski definition) is 4. The first-order valence-electron chi connectivity index (χ1n) is 7.96. The third-order valence-electron chi connectivity index (χ3n) is 3.62. The Balaban J connectivity index is 2.10. The van der Waals surface area contributed by atoms with E-state index in [-0.39, 0.29) is 24.1 Å². The summed E-state index contributed by atoms with van der Waals surface area (Å²) in [4.78, 5) is 12.2. The molecule has 1 fully saturated rings. The fraction of sp³-hybridized carbons (Fsp3) is 0.562. The monoisotopic (exact) mass is 361 g/mol. The van der Waals surface area contributed by atoms with E-state index in [1.165, 1.54) is 6.07 Å². The van der Waals surface area contributed by atoms with E-state index in [0.29, 0.717) is 12.2 Å². The highest BCUT2D eigenvalue weighted by Gasteiger charge is 2.31. The lowest BCUT2D eigenvalue weighted by molar-refractivity contribution is -0.137. The average Bonchev–Trinajstić information content (AvgIpc) is 2.53. The second-order valence-corrected chi connectivity index (χ2v) is 6.81. The van der Waals surface area contributed by atoms with Gasteiger partial charge in [-0.15, -0.1) is 0 Å². The summed E-state index contributed by atoms with van der Waals surface area (Å²) in [6, 6.07) is 3.43. The zero-order valence-corrected chi connectivity index (χ0v) is 14.3. The normalized spacial score (nSPS) is 18.2. The molecule has 0 spiro atoms. The van der Waals surface area contributed by atoms with Gasteiger partial charge in [0, 0.05) is 37.1 Å². The van der Waals surface area contributed by atoms with Crippen LogP contribution < -0.4 is 16.0 Å². The lowest BCUT2D eigenvalue weighted by Crippen LogP contribution is -2.40. The van der Waals surface area contributed by atoms with Gasteiger partial charge in [-0.3, -0.25) is 4.79 Å². The van der Waals surface area contributed by atoms with E-state index >= 15 is 0 Å². The smallest absolute Gasteiger partial charge is 0.383 e. The van der Waals surface area contributed by atoms with Crippen LogP contribution in [0, 0.1) is 0 Å². The van der Waals surface area contributed by atoms with Gasteiger partial charge in [0.15, 0.2) is 0 Å². The topological polar surface area (TPSA) is 53.2 Å². The number of alkyl halides is 3. The van der Waals surface area contributed by atoms with Crippen molar-refractivity contribution in [3.8, 4) is 0 Å². The van der Waals surface area contributed by atoms with Crippen molar-refractivity contribution >= 4 is 29.0 Å². The SMILES string of the molecule is CCCNc1ccc(C(F)(F)F)cc1NC(=O)CC1CSCCN1. The molecule has 24 heavy (non-hydrogen) atoms. The van der Waals surface area contributed by atoms with Gasteiger partial charge in [-0.1, -0.05) is 6.92 Å². The molecule has 1 aliphatic rings. The molecular formula is C16H22F3N3OS. The molecule has 4 nitrogen and oxygen atoms in total. The summed E-state index contributed by atoms with van der Waals surface area (Å²) in [6.07, 6.45) is -3.36. The zero-order chi connectivity index (χ0) is 17.6. The van der Waals surface area contributed by atoms with Crippen molar-refractivity contribution in [2.75, 3.05) is 35.2 Å². The van der Waals surface area contributed by atoms with E-state index in [4.69, 9.17) is 0 Å². The largest absolute Gasteiger partial charge is 0.416 e. The van der Waals surface area contributed by atoms with Crippen molar-refractivity contribution in [1.82, 2.24) is 5.32 Å². The highest BCUT2D eigenvalue weighted by atomic mass is 32.2. The maximum atomic E-state index is 12.9. The van der Waals surface area contributed by atoms with Crippen molar-refractivity contribution in [3.63, 3.8) is 0 Å². The minimum atomic E-state index is -4.44. The summed E-state index contributed by atoms with van der Waals surface area (Å²) < 4.78 is 38.7. The Bertz CT molecular complexity index is 560. The Hall–Kier alpha value is -1.41. The minimum absolute atomic E-state index is 0.0570. The molecule has 0 aliphatic carbocycles. The molecule has 1 amide bonds. The number of benzene rings is 1. The highest BCUT2D eigenvalue weighted by molar-refractivity contribution is 7.99. The van der Waals surface area contributed by atoms with E-state index in [1.54, 1.807) is 11.8 Å². The van der Waals surface area contributed by atoms with Crippen LogP contribution in [0.15, 0.2) is 18.2 Å². The van der Waals surface area contributed by atoms with Gasteiger partial charge < -0.3 is 16.0 Å². The lowest BCUT2D eigenvalue weighted by atomic mass is 10.1. The summed E-state index contributed by atoms with van der Waals surface area (Å²) in [5, 5.41) is 8.92. The third kappa shape index (κ3) is 5.59. The van der Waals surface area contributed by atoms with Gasteiger partial charge in [-0.05, 0) is 24.6 Å². The molecule has 0 bridgehead atoms. The molecule has 1 aliphatic heterocycles. The average molecular weight is 361 g/mol. The Labute approximate surface area is 144 Å². The predicted octanol–water partition coefficient (Wildman–Crippen LogP) is 3.56. The van der Waals surface area contributed by atoms with Crippen molar-refractivity contribution < 1.29 is 18.0 Å². The van der Waals surface area contributed by atoms with Crippen LogP contribution in [-0.2, 0) is 11.0 Å². The quantitative estimate of drug-likeness (QED) is 0.725. The number of thioether (sulfide) groups is 1. The van der Waals surface area contributed by atoms with Crippen LogP contribution >= 0.6 is 11.8 Å². The molecule has 8 heteroatoms. The first-order valence-corrected chi connectivity index (χ1v) is 9.11. The molecule has 1 atom stereocenters. The molecular weight excluding hydrogens is 339 g/mol. The van der Waals surface area contributed by atoms with Gasteiger partial charge in [0.1, 0.15) is 0 Å². The number of carbonyl (C=O) groups excluding carboxylic acids is 1. The molecule has 1 unspecified atom stereocenters. The van der Waals surface area contributed by atoms with Gasteiger partial charge in [0.05, 0.1) is 16.9 Å². The molecule has 0 radical (unpaired) electrons. The second-order valence-electron chi connectivity index (χ2n) is 5.66. The lowest BCUT2D eigenvalue weighted by Gasteiger charge is -2.23. The number of amides is 1. The number of hydrogen-bond donors (Lipinski definition) is 3. The molecule has 3 N–H and O–H groups in total. The summed E-state index contributed by atoms with van der Waals surface area (Å²) in [5.41, 5.74) is -0.0953. The number of carbonyl (C=O) groups is 1. The summed E-state index contributed by atoms with van der Waals surface area (Å²) in [6.45, 7) is 3.42. The van der Waals surface area contributed by atoms with Crippen LogP contribution in [0.3, 0.4) is 0 Å². The van der Waals surface area contributed by atoms with E-state index in [0.717, 1.165) is 36.6 Å². The van der Waals surface area contributed by atoms with Crippen LogP contribution in [0.2, 0.25) is 0 Å². The highest BCUT2D eigenvalue weighted by Crippen LogP contribution is 2.34. The minimum Gasteiger partial charge on any atom is -0.383 e. The van der Waals surface area contributed by atoms with Gasteiger partial charge in [0.2, 0.25) is 5.91 Å². The number of anilines is 2. The molecule has 1 aromatic carbocycles. The fourth-order valence-electron chi connectivity index (χ4n) is 2.41. The zero-order valence-electron chi connectivity index (χ0n) is 13.5. The Morgan fingerprint density at radius 2 is 2.17 bits per heavy atom. The molecule has 1 saturated heterocycles. The van der Waals surface area contributed by atoms with Crippen molar-refractivity contribution in [2.45, 2.75) is 32.0 Å². The number of halogens is 3. The van der Waals surface area contributed by atoms with Gasteiger partial charge in [0.25, 0.3) is 0 Å².